The Labute approximate surface area is 165 Å². The fraction of sp³-hybridized carbons (Fsp3) is 0.400. The zero-order chi connectivity index (χ0) is 19.7. The molecule has 2 aliphatic rings. The molecule has 3 N–H and O–H groups in total. The minimum atomic E-state index is -0.475. The van der Waals surface area contributed by atoms with Crippen LogP contribution in [0.2, 0.25) is 0 Å². The number of allylic oxidation sites excluding steroid dienone is 4. The van der Waals surface area contributed by atoms with E-state index in [1.54, 1.807) is 0 Å². The van der Waals surface area contributed by atoms with Crippen molar-refractivity contribution in [3.63, 3.8) is 0 Å². The van der Waals surface area contributed by atoms with Crippen molar-refractivity contribution in [2.75, 3.05) is 5.73 Å². The van der Waals surface area contributed by atoms with Crippen molar-refractivity contribution in [3.8, 4) is 0 Å². The van der Waals surface area contributed by atoms with Gasteiger partial charge in [-0.1, -0.05) is 49.5 Å². The third-order valence-corrected chi connectivity index (χ3v) is 6.29. The molecule has 28 heavy (non-hydrogen) atoms. The van der Waals surface area contributed by atoms with Gasteiger partial charge in [0.2, 0.25) is 10.7 Å². The number of aromatic nitrogens is 3. The molecule has 0 bridgehead atoms. The lowest BCUT2D eigenvalue weighted by atomic mass is 9.86. The van der Waals surface area contributed by atoms with Crippen LogP contribution >= 0.6 is 11.3 Å². The van der Waals surface area contributed by atoms with Gasteiger partial charge >= 0.3 is 0 Å². The van der Waals surface area contributed by atoms with E-state index in [1.165, 1.54) is 72.3 Å². The number of nitrogen functional groups attached to an aromatic ring is 1. The number of anilines is 1. The van der Waals surface area contributed by atoms with Crippen LogP contribution in [-0.2, 0) is 11.2 Å². The lowest BCUT2D eigenvalue weighted by molar-refractivity contribution is -0.113. The number of hydrogen-bond acceptors (Lipinski definition) is 7. The summed E-state index contributed by atoms with van der Waals surface area (Å²) in [6.07, 6.45) is 14.1. The van der Waals surface area contributed by atoms with E-state index in [1.807, 2.05) is 0 Å². The van der Waals surface area contributed by atoms with Gasteiger partial charge in [0.1, 0.15) is 10.8 Å². The van der Waals surface area contributed by atoms with Gasteiger partial charge in [-0.05, 0) is 36.1 Å². The first-order chi connectivity index (χ1) is 13.5. The van der Waals surface area contributed by atoms with E-state index < -0.39 is 11.3 Å². The lowest BCUT2D eigenvalue weighted by Crippen LogP contribution is -2.17. The highest BCUT2D eigenvalue weighted by atomic mass is 32.1. The summed E-state index contributed by atoms with van der Waals surface area (Å²) in [6, 6.07) is 0. The smallest absolute Gasteiger partial charge is 0.283 e. The third-order valence-electron chi connectivity index (χ3n) is 5.32. The second kappa shape index (κ2) is 7.71. The molecule has 2 aromatic heterocycles. The molecule has 0 unspecified atom stereocenters. The second-order valence-electron chi connectivity index (χ2n) is 7.32. The molecule has 7 nitrogen and oxygen atoms in total. The van der Waals surface area contributed by atoms with Crippen LogP contribution in [0.1, 0.15) is 49.1 Å². The van der Waals surface area contributed by atoms with E-state index in [9.17, 15) is 14.7 Å². The summed E-state index contributed by atoms with van der Waals surface area (Å²) in [5, 5.41) is 15.1. The molecule has 0 aromatic carbocycles. The molecular weight excluding hydrogens is 376 g/mol. The van der Waals surface area contributed by atoms with Gasteiger partial charge < -0.3 is 10.8 Å². The van der Waals surface area contributed by atoms with Crippen LogP contribution in [0.25, 0.3) is 11.0 Å². The first-order valence-corrected chi connectivity index (χ1v) is 10.4. The number of nitrogens with zero attached hydrogens (tertiary/aromatic N) is 3. The number of nitrogens with two attached hydrogens (primary N) is 1. The van der Waals surface area contributed by atoms with E-state index in [0.717, 1.165) is 23.8 Å². The molecule has 0 aliphatic heterocycles. The Balaban J connectivity index is 1.62. The van der Waals surface area contributed by atoms with Gasteiger partial charge in [-0.15, -0.1) is 0 Å². The van der Waals surface area contributed by atoms with Crippen molar-refractivity contribution in [3.05, 3.63) is 50.5 Å². The van der Waals surface area contributed by atoms with E-state index in [4.69, 9.17) is 5.73 Å². The molecule has 2 aromatic rings. The summed E-state index contributed by atoms with van der Waals surface area (Å²) in [6.45, 7) is 0. The van der Waals surface area contributed by atoms with Gasteiger partial charge in [0.05, 0.1) is 5.56 Å². The monoisotopic (exact) mass is 398 g/mol. The SMILES string of the molecule is Nc1c(/C=C2/C=CC(=O)C(O)=C2)c(=O)nc2sc(CCC3CCCCC3)nn12. The maximum atomic E-state index is 12.4. The molecule has 0 atom stereocenters. The maximum Gasteiger partial charge on any atom is 0.283 e. The number of ketones is 1. The number of hydrogen-bond donors (Lipinski definition) is 2. The van der Waals surface area contributed by atoms with E-state index >= 15 is 0 Å². The van der Waals surface area contributed by atoms with Crippen LogP contribution in [0.3, 0.4) is 0 Å². The van der Waals surface area contributed by atoms with Gasteiger partial charge in [-0.25, -0.2) is 0 Å². The summed E-state index contributed by atoms with van der Waals surface area (Å²) in [4.78, 5) is 28.4. The minimum absolute atomic E-state index is 0.194. The van der Waals surface area contributed by atoms with Crippen molar-refractivity contribution in [1.29, 1.82) is 0 Å². The van der Waals surface area contributed by atoms with Crippen LogP contribution in [0, 0.1) is 5.92 Å². The van der Waals surface area contributed by atoms with Crippen LogP contribution in [-0.4, -0.2) is 25.5 Å². The van der Waals surface area contributed by atoms with Gasteiger partial charge in [0, 0.05) is 6.42 Å². The standard InChI is InChI=1S/C20H22N4O3S/c21-18-14(10-13-6-8-15(25)16(26)11-13)19(27)22-20-24(18)23-17(28-20)9-7-12-4-2-1-3-5-12/h6,8,10-12,26H,1-5,7,9,21H2/b13-10-. The Hall–Kier alpha value is -2.74. The predicted octanol–water partition coefficient (Wildman–Crippen LogP) is 3.21. The summed E-state index contributed by atoms with van der Waals surface area (Å²) in [5.74, 6) is 0.116. The van der Waals surface area contributed by atoms with Crippen molar-refractivity contribution in [1.82, 2.24) is 14.6 Å². The quantitative estimate of drug-likeness (QED) is 0.818. The zero-order valence-electron chi connectivity index (χ0n) is 15.4. The number of aliphatic hydroxyl groups excluding tert-OH is 1. The van der Waals surface area contributed by atoms with Crippen molar-refractivity contribution in [2.45, 2.75) is 44.9 Å². The van der Waals surface area contributed by atoms with Crippen LogP contribution < -0.4 is 11.3 Å². The summed E-state index contributed by atoms with van der Waals surface area (Å²) in [7, 11) is 0. The number of aliphatic hydroxyl groups is 1. The Morgan fingerprint density at radius 3 is 2.79 bits per heavy atom. The minimum Gasteiger partial charge on any atom is -0.504 e. The first kappa shape index (κ1) is 18.6. The van der Waals surface area contributed by atoms with Crippen molar-refractivity contribution in [2.24, 2.45) is 5.92 Å². The number of fused-ring (bicyclic) bond motifs is 1. The van der Waals surface area contributed by atoms with Gasteiger partial charge in [-0.3, -0.25) is 9.59 Å². The number of aryl methyl sites for hydroxylation is 1. The normalized spacial score (nSPS) is 19.5. The average molecular weight is 398 g/mol. The van der Waals surface area contributed by atoms with Crippen LogP contribution in [0.4, 0.5) is 5.82 Å². The molecule has 0 spiro atoms. The maximum absolute atomic E-state index is 12.4. The van der Waals surface area contributed by atoms with Crippen LogP contribution in [0.15, 0.2) is 34.4 Å². The highest BCUT2D eigenvalue weighted by molar-refractivity contribution is 7.16. The highest BCUT2D eigenvalue weighted by Gasteiger charge is 2.17. The highest BCUT2D eigenvalue weighted by Crippen LogP contribution is 2.28. The average Bonchev–Trinajstić information content (AvgIpc) is 3.10. The largest absolute Gasteiger partial charge is 0.504 e. The van der Waals surface area contributed by atoms with Gasteiger partial charge in [0.15, 0.2) is 5.76 Å². The molecule has 4 rings (SSSR count). The topological polar surface area (TPSA) is 111 Å². The molecule has 146 valence electrons. The molecule has 2 aliphatic carbocycles. The van der Waals surface area contributed by atoms with Crippen LogP contribution in [0.5, 0.6) is 0 Å². The number of rotatable bonds is 4. The van der Waals surface area contributed by atoms with Gasteiger partial charge in [0.25, 0.3) is 5.56 Å². The van der Waals surface area contributed by atoms with E-state index in [2.05, 4.69) is 10.1 Å². The number of carbonyl (C=O) groups is 1. The fourth-order valence-corrected chi connectivity index (χ4v) is 4.66. The third kappa shape index (κ3) is 3.77. The molecular formula is C20H22N4O3S. The van der Waals surface area contributed by atoms with Crippen molar-refractivity contribution < 1.29 is 9.90 Å². The summed E-state index contributed by atoms with van der Waals surface area (Å²) >= 11 is 1.40. The molecule has 1 fully saturated rings. The number of carbonyl (C=O) groups excluding carboxylic acids is 1. The Morgan fingerprint density at radius 2 is 2.04 bits per heavy atom. The summed E-state index contributed by atoms with van der Waals surface area (Å²) < 4.78 is 1.51. The van der Waals surface area contributed by atoms with E-state index in [0.29, 0.717) is 10.5 Å². The second-order valence-corrected chi connectivity index (χ2v) is 8.36. The molecule has 0 radical (unpaired) electrons. The molecule has 0 saturated heterocycles. The molecule has 1 saturated carbocycles. The molecule has 0 amide bonds. The first-order valence-electron chi connectivity index (χ1n) is 9.54. The Kier molecular flexibility index (Phi) is 5.13. The fourth-order valence-electron chi connectivity index (χ4n) is 3.75. The Morgan fingerprint density at radius 1 is 1.25 bits per heavy atom. The molecule has 2 heterocycles. The Bertz CT molecular complexity index is 1070. The predicted molar refractivity (Wildman–Crippen MR) is 109 cm³/mol. The van der Waals surface area contributed by atoms with Gasteiger partial charge in [-0.2, -0.15) is 14.6 Å². The lowest BCUT2D eigenvalue weighted by Gasteiger charge is -2.20. The zero-order valence-corrected chi connectivity index (χ0v) is 16.2. The van der Waals surface area contributed by atoms with Crippen molar-refractivity contribution >= 4 is 34.0 Å². The summed E-state index contributed by atoms with van der Waals surface area (Å²) in [5.41, 5.74) is 6.44. The van der Waals surface area contributed by atoms with E-state index in [-0.39, 0.29) is 17.1 Å². The molecule has 8 heteroatoms.